The standard InChI is InChI=1S/C8H10FNO/c9-8(5-10-6-8)3-7-1-2-11-4-7/h1-2,4,10H,3,5-6H2. The molecule has 0 radical (unpaired) electrons. The number of hydrogen-bond acceptors (Lipinski definition) is 2. The van der Waals surface area contributed by atoms with E-state index in [1.807, 2.05) is 0 Å². The Morgan fingerprint density at radius 2 is 2.45 bits per heavy atom. The van der Waals surface area contributed by atoms with Gasteiger partial charge < -0.3 is 9.73 Å². The second kappa shape index (κ2) is 2.34. The van der Waals surface area contributed by atoms with Gasteiger partial charge in [0.05, 0.1) is 12.5 Å². The van der Waals surface area contributed by atoms with Crippen molar-refractivity contribution >= 4 is 0 Å². The van der Waals surface area contributed by atoms with Gasteiger partial charge >= 0.3 is 0 Å². The summed E-state index contributed by atoms with van der Waals surface area (Å²) in [6.45, 7) is 0.941. The van der Waals surface area contributed by atoms with Crippen molar-refractivity contribution in [3.63, 3.8) is 0 Å². The van der Waals surface area contributed by atoms with Gasteiger partial charge in [-0.25, -0.2) is 4.39 Å². The van der Waals surface area contributed by atoms with Crippen LogP contribution in [0.2, 0.25) is 0 Å². The summed E-state index contributed by atoms with van der Waals surface area (Å²) in [5, 5.41) is 2.91. The highest BCUT2D eigenvalue weighted by atomic mass is 19.1. The van der Waals surface area contributed by atoms with Gasteiger partial charge in [0.2, 0.25) is 0 Å². The van der Waals surface area contributed by atoms with Crippen molar-refractivity contribution in [2.24, 2.45) is 0 Å². The second-order valence-corrected chi connectivity index (χ2v) is 3.06. The highest BCUT2D eigenvalue weighted by Crippen LogP contribution is 2.22. The Kier molecular flexibility index (Phi) is 1.46. The lowest BCUT2D eigenvalue weighted by Gasteiger charge is -2.34. The number of halogens is 1. The molecule has 1 saturated heterocycles. The van der Waals surface area contributed by atoms with Crippen LogP contribution in [0.15, 0.2) is 23.0 Å². The summed E-state index contributed by atoms with van der Waals surface area (Å²) in [6.07, 6.45) is 3.64. The Bertz CT molecular complexity index is 228. The normalized spacial score (nSPS) is 21.2. The monoisotopic (exact) mass is 155 g/mol. The van der Waals surface area contributed by atoms with Gasteiger partial charge in [-0.05, 0) is 11.6 Å². The number of hydrogen-bond donors (Lipinski definition) is 1. The third kappa shape index (κ3) is 1.28. The van der Waals surface area contributed by atoms with Crippen molar-refractivity contribution in [3.05, 3.63) is 24.2 Å². The minimum Gasteiger partial charge on any atom is -0.472 e. The molecule has 1 aromatic rings. The quantitative estimate of drug-likeness (QED) is 0.692. The van der Waals surface area contributed by atoms with Crippen molar-refractivity contribution in [1.82, 2.24) is 5.32 Å². The van der Waals surface area contributed by atoms with Crippen molar-refractivity contribution in [2.45, 2.75) is 12.1 Å². The highest BCUT2D eigenvalue weighted by Gasteiger charge is 2.36. The molecule has 1 N–H and O–H groups in total. The summed E-state index contributed by atoms with van der Waals surface area (Å²) in [4.78, 5) is 0. The summed E-state index contributed by atoms with van der Waals surface area (Å²) in [5.74, 6) is 0. The summed E-state index contributed by atoms with van der Waals surface area (Å²) in [6, 6.07) is 1.81. The topological polar surface area (TPSA) is 25.2 Å². The average Bonchev–Trinajstić information content (AvgIpc) is 2.36. The minimum atomic E-state index is -1.02. The van der Waals surface area contributed by atoms with Crippen molar-refractivity contribution in [2.75, 3.05) is 13.1 Å². The van der Waals surface area contributed by atoms with Crippen LogP contribution in [-0.2, 0) is 6.42 Å². The highest BCUT2D eigenvalue weighted by molar-refractivity contribution is 5.12. The first kappa shape index (κ1) is 6.85. The smallest absolute Gasteiger partial charge is 0.139 e. The molecule has 1 aliphatic heterocycles. The lowest BCUT2D eigenvalue weighted by Crippen LogP contribution is -2.57. The molecule has 0 aromatic carbocycles. The van der Waals surface area contributed by atoms with Crippen LogP contribution in [0, 0.1) is 0 Å². The molecule has 3 heteroatoms. The van der Waals surface area contributed by atoms with E-state index in [9.17, 15) is 4.39 Å². The van der Waals surface area contributed by atoms with E-state index >= 15 is 0 Å². The lowest BCUT2D eigenvalue weighted by atomic mass is 9.92. The Balaban J connectivity index is 2.00. The molecule has 2 heterocycles. The van der Waals surface area contributed by atoms with Crippen LogP contribution in [0.1, 0.15) is 5.56 Å². The van der Waals surface area contributed by atoms with Crippen LogP contribution >= 0.6 is 0 Å². The van der Waals surface area contributed by atoms with Gasteiger partial charge in [-0.15, -0.1) is 0 Å². The van der Waals surface area contributed by atoms with E-state index in [4.69, 9.17) is 4.42 Å². The first-order chi connectivity index (χ1) is 5.29. The summed E-state index contributed by atoms with van der Waals surface area (Å²) < 4.78 is 18.2. The number of alkyl halides is 1. The van der Waals surface area contributed by atoms with Crippen LogP contribution in [-0.4, -0.2) is 18.8 Å². The zero-order valence-electron chi connectivity index (χ0n) is 6.14. The number of nitrogens with one attached hydrogen (secondary N) is 1. The fourth-order valence-electron chi connectivity index (χ4n) is 1.28. The van der Waals surface area contributed by atoms with Crippen LogP contribution in [0.5, 0.6) is 0 Å². The predicted octanol–water partition coefficient (Wildman–Crippen LogP) is 1.13. The molecule has 0 atom stereocenters. The van der Waals surface area contributed by atoms with Gasteiger partial charge in [0.15, 0.2) is 0 Å². The molecular weight excluding hydrogens is 145 g/mol. The van der Waals surface area contributed by atoms with Gasteiger partial charge in [0.1, 0.15) is 5.67 Å². The zero-order chi connectivity index (χ0) is 7.73. The first-order valence-electron chi connectivity index (χ1n) is 3.69. The fourth-order valence-corrected chi connectivity index (χ4v) is 1.28. The Morgan fingerprint density at radius 1 is 1.64 bits per heavy atom. The van der Waals surface area contributed by atoms with E-state index in [0.717, 1.165) is 5.56 Å². The van der Waals surface area contributed by atoms with Crippen molar-refractivity contribution < 1.29 is 8.81 Å². The molecule has 60 valence electrons. The molecule has 1 fully saturated rings. The molecule has 0 bridgehead atoms. The van der Waals surface area contributed by atoms with Gasteiger partial charge in [-0.1, -0.05) is 0 Å². The Hall–Kier alpha value is -0.830. The Labute approximate surface area is 64.4 Å². The zero-order valence-corrected chi connectivity index (χ0v) is 6.14. The molecule has 2 rings (SSSR count). The van der Waals surface area contributed by atoms with E-state index in [-0.39, 0.29) is 0 Å². The molecule has 0 aliphatic carbocycles. The molecule has 0 amide bonds. The minimum absolute atomic E-state index is 0.469. The van der Waals surface area contributed by atoms with Gasteiger partial charge in [-0.2, -0.15) is 0 Å². The van der Waals surface area contributed by atoms with E-state index in [0.29, 0.717) is 19.5 Å². The molecule has 1 aliphatic rings. The van der Waals surface area contributed by atoms with Gasteiger partial charge in [-0.3, -0.25) is 0 Å². The molecular formula is C8H10FNO. The maximum Gasteiger partial charge on any atom is 0.139 e. The molecule has 11 heavy (non-hydrogen) atoms. The number of rotatable bonds is 2. The molecule has 0 unspecified atom stereocenters. The summed E-state index contributed by atoms with van der Waals surface area (Å²) in [5.41, 5.74) is -0.0850. The van der Waals surface area contributed by atoms with E-state index in [2.05, 4.69) is 5.32 Å². The molecule has 2 nitrogen and oxygen atoms in total. The van der Waals surface area contributed by atoms with Crippen molar-refractivity contribution in [3.8, 4) is 0 Å². The third-order valence-electron chi connectivity index (χ3n) is 1.98. The summed E-state index contributed by atoms with van der Waals surface area (Å²) in [7, 11) is 0. The van der Waals surface area contributed by atoms with E-state index in [1.165, 1.54) is 0 Å². The van der Waals surface area contributed by atoms with Crippen LogP contribution in [0.4, 0.5) is 4.39 Å². The van der Waals surface area contributed by atoms with E-state index < -0.39 is 5.67 Å². The molecule has 0 spiro atoms. The SMILES string of the molecule is FC1(Cc2ccoc2)CNC1. The van der Waals surface area contributed by atoms with Crippen LogP contribution in [0.3, 0.4) is 0 Å². The van der Waals surface area contributed by atoms with Crippen molar-refractivity contribution in [1.29, 1.82) is 0 Å². The predicted molar refractivity (Wildman–Crippen MR) is 39.1 cm³/mol. The first-order valence-corrected chi connectivity index (χ1v) is 3.69. The molecule has 0 saturated carbocycles. The second-order valence-electron chi connectivity index (χ2n) is 3.06. The van der Waals surface area contributed by atoms with Crippen LogP contribution < -0.4 is 5.32 Å². The maximum absolute atomic E-state index is 13.4. The fraction of sp³-hybridized carbons (Fsp3) is 0.500. The summed E-state index contributed by atoms with van der Waals surface area (Å²) >= 11 is 0. The van der Waals surface area contributed by atoms with Crippen LogP contribution in [0.25, 0.3) is 0 Å². The largest absolute Gasteiger partial charge is 0.472 e. The lowest BCUT2D eigenvalue weighted by molar-refractivity contribution is 0.0910. The number of furan rings is 1. The third-order valence-corrected chi connectivity index (χ3v) is 1.98. The Morgan fingerprint density at radius 3 is 2.91 bits per heavy atom. The van der Waals surface area contributed by atoms with E-state index in [1.54, 1.807) is 18.6 Å². The average molecular weight is 155 g/mol. The molecule has 1 aromatic heterocycles. The van der Waals surface area contributed by atoms with Gasteiger partial charge in [0, 0.05) is 19.5 Å². The maximum atomic E-state index is 13.4. The van der Waals surface area contributed by atoms with Gasteiger partial charge in [0.25, 0.3) is 0 Å².